The van der Waals surface area contributed by atoms with Crippen LogP contribution in [-0.4, -0.2) is 24.4 Å². The third-order valence-electron chi connectivity index (χ3n) is 6.55. The van der Waals surface area contributed by atoms with Gasteiger partial charge in [0.05, 0.1) is 17.3 Å². The molecule has 1 aromatic rings. The van der Waals surface area contributed by atoms with Gasteiger partial charge >= 0.3 is 7.12 Å². The van der Waals surface area contributed by atoms with Crippen LogP contribution in [0.3, 0.4) is 0 Å². The Kier molecular flexibility index (Phi) is 3.96. The van der Waals surface area contributed by atoms with E-state index in [0.717, 1.165) is 23.0 Å². The first-order chi connectivity index (χ1) is 11.3. The lowest BCUT2D eigenvalue weighted by atomic mass is 9.79. The Hall–Kier alpha value is -0.995. The number of fused-ring (bicyclic) bond motifs is 2. The average Bonchev–Trinajstić information content (AvgIpc) is 2.96. The first-order valence-electron chi connectivity index (χ1n) is 9.45. The zero-order valence-electron chi connectivity index (χ0n) is 15.4. The van der Waals surface area contributed by atoms with Crippen LogP contribution in [0.25, 0.3) is 0 Å². The monoisotopic (exact) mass is 328 g/mol. The second kappa shape index (κ2) is 5.77. The van der Waals surface area contributed by atoms with Gasteiger partial charge in [-0.1, -0.05) is 25.0 Å². The molecule has 2 aliphatic carbocycles. The first-order valence-corrected chi connectivity index (χ1v) is 9.45. The maximum atomic E-state index is 6.25. The largest absolute Gasteiger partial charge is 0.494 e. The van der Waals surface area contributed by atoms with Crippen molar-refractivity contribution in [1.29, 1.82) is 0 Å². The quantitative estimate of drug-likeness (QED) is 0.787. The lowest BCUT2D eigenvalue weighted by Gasteiger charge is -2.32. The summed E-state index contributed by atoms with van der Waals surface area (Å²) in [7, 11) is -0.297. The predicted molar refractivity (Wildman–Crippen MR) is 96.6 cm³/mol. The van der Waals surface area contributed by atoms with E-state index in [2.05, 4.69) is 52.0 Å². The summed E-state index contributed by atoms with van der Waals surface area (Å²) in [5.41, 5.74) is 0.465. The third-order valence-corrected chi connectivity index (χ3v) is 6.55. The van der Waals surface area contributed by atoms with Gasteiger partial charge in [0.2, 0.25) is 0 Å². The Morgan fingerprint density at radius 1 is 0.875 bits per heavy atom. The van der Waals surface area contributed by atoms with Gasteiger partial charge in [0.25, 0.3) is 0 Å². The standard InChI is InChI=1S/C20H29BO3/c1-19(2)20(3,4)24-21(23-19)16-7-9-17(10-8-16)22-18-12-14-5-6-15(11-14)13-18/h7-10,14-15,18H,5-6,11-13H2,1-4H3. The SMILES string of the molecule is CC1(C)OB(c2ccc(OC3CC4CCC(C4)C3)cc2)OC1(C)C. The Bertz CT molecular complexity index is 567. The van der Waals surface area contributed by atoms with Crippen LogP contribution in [0, 0.1) is 11.8 Å². The van der Waals surface area contributed by atoms with E-state index < -0.39 is 0 Å². The van der Waals surface area contributed by atoms with Crippen molar-refractivity contribution in [2.24, 2.45) is 11.8 Å². The van der Waals surface area contributed by atoms with Gasteiger partial charge in [-0.3, -0.25) is 0 Å². The highest BCUT2D eigenvalue weighted by atomic mass is 16.7. The van der Waals surface area contributed by atoms with Crippen molar-refractivity contribution in [2.45, 2.75) is 77.1 Å². The molecule has 3 aliphatic rings. The molecular weight excluding hydrogens is 299 g/mol. The highest BCUT2D eigenvalue weighted by Gasteiger charge is 2.51. The fourth-order valence-corrected chi connectivity index (χ4v) is 4.42. The molecule has 1 aromatic carbocycles. The summed E-state index contributed by atoms with van der Waals surface area (Å²) >= 11 is 0. The zero-order valence-corrected chi connectivity index (χ0v) is 15.4. The average molecular weight is 328 g/mol. The zero-order chi connectivity index (χ0) is 16.9. The van der Waals surface area contributed by atoms with Crippen molar-refractivity contribution < 1.29 is 14.0 Å². The highest BCUT2D eigenvalue weighted by molar-refractivity contribution is 6.62. The van der Waals surface area contributed by atoms with E-state index in [1.807, 2.05) is 0 Å². The van der Waals surface area contributed by atoms with Crippen LogP contribution in [0.4, 0.5) is 0 Å². The second-order valence-corrected chi connectivity index (χ2v) is 8.91. The molecule has 4 heteroatoms. The molecule has 1 saturated heterocycles. The molecule has 0 N–H and O–H groups in total. The molecular formula is C20H29BO3. The highest BCUT2D eigenvalue weighted by Crippen LogP contribution is 2.43. The minimum absolute atomic E-state index is 0.297. The van der Waals surface area contributed by atoms with Crippen LogP contribution in [-0.2, 0) is 9.31 Å². The van der Waals surface area contributed by atoms with E-state index in [1.165, 1.54) is 32.1 Å². The van der Waals surface area contributed by atoms with E-state index >= 15 is 0 Å². The van der Waals surface area contributed by atoms with Gasteiger partial charge in [-0.2, -0.15) is 0 Å². The van der Waals surface area contributed by atoms with Crippen LogP contribution in [0.1, 0.15) is 59.8 Å². The summed E-state index contributed by atoms with van der Waals surface area (Å²) < 4.78 is 18.5. The Balaban J connectivity index is 1.40. The summed E-state index contributed by atoms with van der Waals surface area (Å²) in [6.45, 7) is 8.34. The van der Waals surface area contributed by atoms with Crippen molar-refractivity contribution in [2.75, 3.05) is 0 Å². The third kappa shape index (κ3) is 2.99. The van der Waals surface area contributed by atoms with E-state index in [4.69, 9.17) is 14.0 Å². The molecule has 2 saturated carbocycles. The van der Waals surface area contributed by atoms with Gasteiger partial charge < -0.3 is 14.0 Å². The maximum Gasteiger partial charge on any atom is 0.494 e. The molecule has 0 radical (unpaired) electrons. The number of ether oxygens (including phenoxy) is 1. The molecule has 3 nitrogen and oxygen atoms in total. The van der Waals surface area contributed by atoms with E-state index in [-0.39, 0.29) is 18.3 Å². The summed E-state index contributed by atoms with van der Waals surface area (Å²) in [5.74, 6) is 2.78. The molecule has 130 valence electrons. The number of hydrogen-bond acceptors (Lipinski definition) is 3. The van der Waals surface area contributed by atoms with Crippen LogP contribution in [0.5, 0.6) is 5.75 Å². The van der Waals surface area contributed by atoms with E-state index in [1.54, 1.807) is 0 Å². The fraction of sp³-hybridized carbons (Fsp3) is 0.700. The molecule has 2 atom stereocenters. The van der Waals surface area contributed by atoms with E-state index in [0.29, 0.717) is 6.10 Å². The molecule has 1 heterocycles. The topological polar surface area (TPSA) is 27.7 Å². The Labute approximate surface area is 146 Å². The van der Waals surface area contributed by atoms with Crippen molar-refractivity contribution in [3.63, 3.8) is 0 Å². The van der Waals surface area contributed by atoms with Crippen molar-refractivity contribution in [3.8, 4) is 5.75 Å². The molecule has 2 bridgehead atoms. The molecule has 1 aliphatic heterocycles. The molecule has 4 rings (SSSR count). The number of benzene rings is 1. The van der Waals surface area contributed by atoms with Gasteiger partial charge in [0.15, 0.2) is 0 Å². The fourth-order valence-electron chi connectivity index (χ4n) is 4.42. The van der Waals surface area contributed by atoms with Gasteiger partial charge in [-0.05, 0) is 76.4 Å². The molecule has 0 amide bonds. The first kappa shape index (κ1) is 16.5. The second-order valence-electron chi connectivity index (χ2n) is 8.91. The van der Waals surface area contributed by atoms with Crippen molar-refractivity contribution in [3.05, 3.63) is 24.3 Å². The van der Waals surface area contributed by atoms with Gasteiger partial charge in [-0.15, -0.1) is 0 Å². The van der Waals surface area contributed by atoms with Crippen molar-refractivity contribution >= 4 is 12.6 Å². The normalized spacial score (nSPS) is 33.7. The smallest absolute Gasteiger partial charge is 0.490 e. The Morgan fingerprint density at radius 3 is 1.96 bits per heavy atom. The molecule has 0 spiro atoms. The van der Waals surface area contributed by atoms with Gasteiger partial charge in [-0.25, -0.2) is 0 Å². The van der Waals surface area contributed by atoms with Crippen LogP contribution in [0.15, 0.2) is 24.3 Å². The van der Waals surface area contributed by atoms with Crippen LogP contribution >= 0.6 is 0 Å². The minimum Gasteiger partial charge on any atom is -0.490 e. The summed E-state index contributed by atoms with van der Waals surface area (Å²) in [5, 5.41) is 0. The number of rotatable bonds is 3. The summed E-state index contributed by atoms with van der Waals surface area (Å²) in [6, 6.07) is 8.29. The molecule has 2 unspecified atom stereocenters. The predicted octanol–water partition coefficient (Wildman–Crippen LogP) is 3.94. The van der Waals surface area contributed by atoms with Crippen molar-refractivity contribution in [1.82, 2.24) is 0 Å². The van der Waals surface area contributed by atoms with E-state index in [9.17, 15) is 0 Å². The van der Waals surface area contributed by atoms with Gasteiger partial charge in [0, 0.05) is 0 Å². The summed E-state index contributed by atoms with van der Waals surface area (Å²) in [4.78, 5) is 0. The summed E-state index contributed by atoms with van der Waals surface area (Å²) in [6.07, 6.45) is 7.11. The number of hydrogen-bond donors (Lipinski definition) is 0. The minimum atomic E-state index is -0.297. The maximum absolute atomic E-state index is 6.25. The van der Waals surface area contributed by atoms with Crippen LogP contribution < -0.4 is 10.2 Å². The molecule has 0 aromatic heterocycles. The molecule has 24 heavy (non-hydrogen) atoms. The van der Waals surface area contributed by atoms with Crippen LogP contribution in [0.2, 0.25) is 0 Å². The Morgan fingerprint density at radius 2 is 1.42 bits per heavy atom. The lowest BCUT2D eigenvalue weighted by Crippen LogP contribution is -2.41. The lowest BCUT2D eigenvalue weighted by molar-refractivity contribution is 0.00578. The molecule has 3 fully saturated rings. The van der Waals surface area contributed by atoms with Gasteiger partial charge in [0.1, 0.15) is 5.75 Å².